The van der Waals surface area contributed by atoms with Crippen LogP contribution < -0.4 is 15.4 Å². The number of nitrogens with one attached hydrogen (secondary N) is 2. The molecular formula is C25H42IN5O2. The van der Waals surface area contributed by atoms with Gasteiger partial charge in [-0.2, -0.15) is 0 Å². The maximum atomic E-state index is 12.4. The lowest BCUT2D eigenvalue weighted by Gasteiger charge is -2.26. The molecule has 0 radical (unpaired) electrons. The zero-order chi connectivity index (χ0) is 22.9. The number of carbonyl (C=O) groups excluding carboxylic acids is 1. The van der Waals surface area contributed by atoms with Gasteiger partial charge in [0.05, 0.1) is 19.2 Å². The second-order valence-electron chi connectivity index (χ2n) is 9.27. The summed E-state index contributed by atoms with van der Waals surface area (Å²) in [6, 6.07) is 6.41. The fourth-order valence-corrected chi connectivity index (χ4v) is 4.09. The van der Waals surface area contributed by atoms with Gasteiger partial charge in [-0.3, -0.25) is 9.69 Å². The summed E-state index contributed by atoms with van der Waals surface area (Å²) in [5.41, 5.74) is 2.33. The molecule has 0 aromatic heterocycles. The highest BCUT2D eigenvalue weighted by molar-refractivity contribution is 14.0. The Kier molecular flexibility index (Phi) is 11.7. The highest BCUT2D eigenvalue weighted by atomic mass is 127. The van der Waals surface area contributed by atoms with Gasteiger partial charge in [0.25, 0.3) is 0 Å². The maximum Gasteiger partial charge on any atom is 0.239 e. The molecule has 2 N–H and O–H groups in total. The van der Waals surface area contributed by atoms with E-state index >= 15 is 0 Å². The van der Waals surface area contributed by atoms with Gasteiger partial charge in [0.15, 0.2) is 5.96 Å². The molecule has 1 aromatic rings. The van der Waals surface area contributed by atoms with Crippen molar-refractivity contribution in [3.8, 4) is 5.75 Å². The van der Waals surface area contributed by atoms with Gasteiger partial charge in [-0.15, -0.1) is 24.0 Å². The predicted octanol–water partition coefficient (Wildman–Crippen LogP) is 3.40. The Bertz CT molecular complexity index is 782. The van der Waals surface area contributed by atoms with Crippen LogP contribution in [0.4, 0.5) is 0 Å². The van der Waals surface area contributed by atoms with Crippen LogP contribution in [0.3, 0.4) is 0 Å². The third kappa shape index (κ3) is 8.96. The molecule has 0 bridgehead atoms. The van der Waals surface area contributed by atoms with Gasteiger partial charge < -0.3 is 20.3 Å². The van der Waals surface area contributed by atoms with Crippen LogP contribution in [0.2, 0.25) is 0 Å². The number of hydrogen-bond acceptors (Lipinski definition) is 4. The van der Waals surface area contributed by atoms with Crippen molar-refractivity contribution in [2.45, 2.75) is 58.5 Å². The third-order valence-corrected chi connectivity index (χ3v) is 6.15. The van der Waals surface area contributed by atoms with E-state index in [1.54, 1.807) is 4.90 Å². The van der Waals surface area contributed by atoms with E-state index in [-0.39, 0.29) is 35.9 Å². The van der Waals surface area contributed by atoms with Crippen LogP contribution in [-0.2, 0) is 11.3 Å². The number of carbonyl (C=O) groups is 1. The molecule has 8 heteroatoms. The van der Waals surface area contributed by atoms with Crippen molar-refractivity contribution in [3.63, 3.8) is 0 Å². The Labute approximate surface area is 216 Å². The number of likely N-dealkylation sites (N-methyl/N-ethyl adjacent to an activating group) is 1. The number of halogens is 1. The number of aryl methyl sites for hydroxylation is 1. The number of amides is 1. The molecule has 2 fully saturated rings. The van der Waals surface area contributed by atoms with Crippen LogP contribution in [0.25, 0.3) is 0 Å². The fraction of sp³-hybridized carbons (Fsp3) is 0.680. The zero-order valence-electron chi connectivity index (χ0n) is 20.7. The molecule has 1 unspecified atom stereocenters. The van der Waals surface area contributed by atoms with Crippen LogP contribution in [0.1, 0.15) is 50.2 Å². The van der Waals surface area contributed by atoms with Gasteiger partial charge >= 0.3 is 0 Å². The zero-order valence-corrected chi connectivity index (χ0v) is 23.1. The Balaban J connectivity index is 0.00000385. The van der Waals surface area contributed by atoms with Gasteiger partial charge in [-0.1, -0.05) is 12.1 Å². The molecule has 2 aliphatic rings. The lowest BCUT2D eigenvalue weighted by Crippen LogP contribution is -2.44. The molecule has 0 spiro atoms. The molecule has 1 amide bonds. The summed E-state index contributed by atoms with van der Waals surface area (Å²) in [5, 5.41) is 6.79. The van der Waals surface area contributed by atoms with Gasteiger partial charge in [-0.25, -0.2) is 4.99 Å². The minimum atomic E-state index is 0. The normalized spacial score (nSPS) is 18.5. The molecule has 1 saturated carbocycles. The smallest absolute Gasteiger partial charge is 0.239 e. The summed E-state index contributed by atoms with van der Waals surface area (Å²) < 4.78 is 6.09. The highest BCUT2D eigenvalue weighted by Gasteiger charge is 2.31. The van der Waals surface area contributed by atoms with E-state index in [2.05, 4.69) is 47.6 Å². The molecule has 1 aromatic carbocycles. The molecule has 186 valence electrons. The number of hydrogen-bond donors (Lipinski definition) is 2. The molecule has 1 saturated heterocycles. The Morgan fingerprint density at radius 3 is 2.73 bits per heavy atom. The number of aliphatic imine (C=N–C) groups is 1. The van der Waals surface area contributed by atoms with Crippen molar-refractivity contribution >= 4 is 35.8 Å². The summed E-state index contributed by atoms with van der Waals surface area (Å²) in [6.45, 7) is 9.14. The maximum absolute atomic E-state index is 12.4. The van der Waals surface area contributed by atoms with Crippen LogP contribution >= 0.6 is 24.0 Å². The largest absolute Gasteiger partial charge is 0.493 e. The first-order valence-electron chi connectivity index (χ1n) is 12.2. The van der Waals surface area contributed by atoms with E-state index in [1.807, 2.05) is 14.1 Å². The van der Waals surface area contributed by atoms with Crippen LogP contribution in [-0.4, -0.2) is 74.6 Å². The average molecular weight is 572 g/mol. The van der Waals surface area contributed by atoms with E-state index in [9.17, 15) is 4.79 Å². The van der Waals surface area contributed by atoms with E-state index < -0.39 is 0 Å². The van der Waals surface area contributed by atoms with Crippen molar-refractivity contribution in [1.29, 1.82) is 0 Å². The van der Waals surface area contributed by atoms with Gasteiger partial charge in [0.1, 0.15) is 5.75 Å². The Morgan fingerprint density at radius 2 is 2.03 bits per heavy atom. The lowest BCUT2D eigenvalue weighted by molar-refractivity contribution is -0.133. The van der Waals surface area contributed by atoms with Crippen LogP contribution in [0.5, 0.6) is 5.75 Å². The Hall–Kier alpha value is -1.55. The molecule has 33 heavy (non-hydrogen) atoms. The van der Waals surface area contributed by atoms with Crippen molar-refractivity contribution in [1.82, 2.24) is 20.4 Å². The van der Waals surface area contributed by atoms with Crippen molar-refractivity contribution < 1.29 is 9.53 Å². The van der Waals surface area contributed by atoms with E-state index in [0.29, 0.717) is 6.54 Å². The van der Waals surface area contributed by atoms with E-state index in [0.717, 1.165) is 75.2 Å². The SMILES string of the molecule is CCNC(=NCc1ccc(C)cc1OCC1CC1)NCCCN1CCCC1C(=O)N(C)C.I. The number of ether oxygens (including phenoxy) is 1. The standard InChI is InChI=1S/C25H41N5O2.HI/c1-5-26-25(27-13-7-15-30-14-6-8-22(30)24(31)29(3)4)28-17-21-12-9-19(2)16-23(21)32-18-20-10-11-20;/h9,12,16,20,22H,5-8,10-11,13-15,17-18H2,1-4H3,(H2,26,27,28);1H. The molecule has 1 aliphatic heterocycles. The topological polar surface area (TPSA) is 69.2 Å². The first-order valence-corrected chi connectivity index (χ1v) is 12.2. The van der Waals surface area contributed by atoms with Crippen molar-refractivity contribution in [2.75, 3.05) is 46.9 Å². The predicted molar refractivity (Wildman–Crippen MR) is 146 cm³/mol. The van der Waals surface area contributed by atoms with Crippen LogP contribution in [0, 0.1) is 12.8 Å². The quantitative estimate of drug-likeness (QED) is 0.185. The molecule has 3 rings (SSSR count). The molecular weight excluding hydrogens is 529 g/mol. The highest BCUT2D eigenvalue weighted by Crippen LogP contribution is 2.31. The lowest BCUT2D eigenvalue weighted by atomic mass is 10.1. The fourth-order valence-electron chi connectivity index (χ4n) is 4.09. The second-order valence-corrected chi connectivity index (χ2v) is 9.27. The summed E-state index contributed by atoms with van der Waals surface area (Å²) in [6.07, 6.45) is 5.62. The number of guanidine groups is 1. The summed E-state index contributed by atoms with van der Waals surface area (Å²) in [5.74, 6) is 2.74. The summed E-state index contributed by atoms with van der Waals surface area (Å²) in [4.78, 5) is 21.2. The first-order chi connectivity index (χ1) is 15.5. The summed E-state index contributed by atoms with van der Waals surface area (Å²) in [7, 11) is 3.69. The summed E-state index contributed by atoms with van der Waals surface area (Å²) >= 11 is 0. The van der Waals surface area contributed by atoms with E-state index in [4.69, 9.17) is 9.73 Å². The Morgan fingerprint density at radius 1 is 1.24 bits per heavy atom. The van der Waals surface area contributed by atoms with Crippen molar-refractivity contribution in [2.24, 2.45) is 10.9 Å². The van der Waals surface area contributed by atoms with Crippen molar-refractivity contribution in [3.05, 3.63) is 29.3 Å². The molecule has 7 nitrogen and oxygen atoms in total. The third-order valence-electron chi connectivity index (χ3n) is 6.15. The molecule has 1 heterocycles. The number of likely N-dealkylation sites (tertiary alicyclic amines) is 1. The number of nitrogens with zero attached hydrogens (tertiary/aromatic N) is 3. The monoisotopic (exact) mass is 571 g/mol. The first kappa shape index (κ1) is 27.7. The van der Waals surface area contributed by atoms with Gasteiger partial charge in [0, 0.05) is 39.3 Å². The average Bonchev–Trinajstić information content (AvgIpc) is 3.49. The molecule has 1 atom stereocenters. The second kappa shape index (κ2) is 14.0. The van der Waals surface area contributed by atoms with E-state index in [1.165, 1.54) is 18.4 Å². The minimum absolute atomic E-state index is 0. The van der Waals surface area contributed by atoms with Gasteiger partial charge in [-0.05, 0) is 70.0 Å². The molecule has 1 aliphatic carbocycles. The van der Waals surface area contributed by atoms with Crippen LogP contribution in [0.15, 0.2) is 23.2 Å². The minimum Gasteiger partial charge on any atom is -0.493 e. The van der Waals surface area contributed by atoms with Gasteiger partial charge in [0.2, 0.25) is 5.91 Å². The number of benzene rings is 1. The number of rotatable bonds is 11.